The fourth-order valence-electron chi connectivity index (χ4n) is 2.12. The summed E-state index contributed by atoms with van der Waals surface area (Å²) in [5.41, 5.74) is 2.29. The fourth-order valence-corrected chi connectivity index (χ4v) is 2.12. The first-order valence-corrected chi connectivity index (χ1v) is 6.60. The van der Waals surface area contributed by atoms with Crippen molar-refractivity contribution < 1.29 is 4.79 Å². The SMILES string of the molecule is Cn1nccc1CNC(=O)c1ccccc1-n1cccn1. The molecule has 0 aliphatic rings. The van der Waals surface area contributed by atoms with Crippen molar-refractivity contribution in [3.05, 3.63) is 66.2 Å². The standard InChI is InChI=1S/C15H15N5O/c1-19-12(7-9-17-19)11-16-15(21)13-5-2-3-6-14(13)20-10-4-8-18-20/h2-10H,11H2,1H3,(H,16,21). The number of aryl methyl sites for hydroxylation is 1. The summed E-state index contributed by atoms with van der Waals surface area (Å²) in [6, 6.07) is 11.1. The summed E-state index contributed by atoms with van der Waals surface area (Å²) in [6.07, 6.45) is 5.21. The lowest BCUT2D eigenvalue weighted by Gasteiger charge is -2.10. The molecular weight excluding hydrogens is 266 g/mol. The molecule has 0 aliphatic heterocycles. The van der Waals surface area contributed by atoms with Crippen molar-refractivity contribution in [1.29, 1.82) is 0 Å². The highest BCUT2D eigenvalue weighted by Gasteiger charge is 2.12. The van der Waals surface area contributed by atoms with E-state index in [4.69, 9.17) is 0 Å². The molecule has 21 heavy (non-hydrogen) atoms. The first-order chi connectivity index (χ1) is 10.3. The van der Waals surface area contributed by atoms with E-state index < -0.39 is 0 Å². The van der Waals surface area contributed by atoms with Crippen LogP contribution in [0.1, 0.15) is 16.1 Å². The maximum atomic E-state index is 12.4. The maximum Gasteiger partial charge on any atom is 0.253 e. The minimum Gasteiger partial charge on any atom is -0.346 e. The molecule has 6 heteroatoms. The van der Waals surface area contributed by atoms with Gasteiger partial charge in [-0.3, -0.25) is 9.48 Å². The van der Waals surface area contributed by atoms with Gasteiger partial charge in [0.15, 0.2) is 0 Å². The lowest BCUT2D eigenvalue weighted by molar-refractivity contribution is 0.0950. The molecule has 3 aromatic rings. The molecule has 0 aliphatic carbocycles. The van der Waals surface area contributed by atoms with Gasteiger partial charge in [0.25, 0.3) is 5.91 Å². The van der Waals surface area contributed by atoms with Crippen LogP contribution >= 0.6 is 0 Å². The minimum atomic E-state index is -0.137. The summed E-state index contributed by atoms with van der Waals surface area (Å²) in [4.78, 5) is 12.4. The zero-order valence-corrected chi connectivity index (χ0v) is 11.6. The summed E-state index contributed by atoms with van der Waals surface area (Å²) < 4.78 is 3.42. The molecular formula is C15H15N5O. The van der Waals surface area contributed by atoms with E-state index in [1.807, 2.05) is 43.6 Å². The summed E-state index contributed by atoms with van der Waals surface area (Å²) in [5, 5.41) is 11.2. The molecule has 0 fully saturated rings. The molecule has 0 radical (unpaired) electrons. The third-order valence-corrected chi connectivity index (χ3v) is 3.25. The number of para-hydroxylation sites is 1. The number of carbonyl (C=O) groups is 1. The van der Waals surface area contributed by atoms with Gasteiger partial charge in [0, 0.05) is 25.6 Å². The number of aromatic nitrogens is 4. The Balaban J connectivity index is 1.81. The molecule has 0 saturated heterocycles. The van der Waals surface area contributed by atoms with Crippen molar-refractivity contribution in [2.45, 2.75) is 6.54 Å². The first kappa shape index (κ1) is 13.1. The van der Waals surface area contributed by atoms with Gasteiger partial charge in [-0.05, 0) is 24.3 Å². The molecule has 2 heterocycles. The smallest absolute Gasteiger partial charge is 0.253 e. The Morgan fingerprint density at radius 1 is 1.14 bits per heavy atom. The first-order valence-electron chi connectivity index (χ1n) is 6.60. The van der Waals surface area contributed by atoms with Crippen molar-refractivity contribution in [2.24, 2.45) is 7.05 Å². The number of benzene rings is 1. The van der Waals surface area contributed by atoms with Gasteiger partial charge in [0.2, 0.25) is 0 Å². The molecule has 0 spiro atoms. The summed E-state index contributed by atoms with van der Waals surface area (Å²) in [6.45, 7) is 0.433. The summed E-state index contributed by atoms with van der Waals surface area (Å²) in [5.74, 6) is -0.137. The van der Waals surface area contributed by atoms with Crippen LogP contribution in [-0.4, -0.2) is 25.5 Å². The second kappa shape index (κ2) is 5.62. The third kappa shape index (κ3) is 2.69. The second-order valence-corrected chi connectivity index (χ2v) is 4.60. The second-order valence-electron chi connectivity index (χ2n) is 4.60. The number of hydrogen-bond donors (Lipinski definition) is 1. The Hall–Kier alpha value is -2.89. The molecule has 0 saturated carbocycles. The number of nitrogens with zero attached hydrogens (tertiary/aromatic N) is 4. The highest BCUT2D eigenvalue weighted by Crippen LogP contribution is 2.13. The molecule has 6 nitrogen and oxygen atoms in total. The van der Waals surface area contributed by atoms with Crippen molar-refractivity contribution >= 4 is 5.91 Å². The molecule has 0 atom stereocenters. The number of rotatable bonds is 4. The van der Waals surface area contributed by atoms with Crippen LogP contribution in [0.25, 0.3) is 5.69 Å². The van der Waals surface area contributed by atoms with E-state index in [-0.39, 0.29) is 5.91 Å². The molecule has 3 rings (SSSR count). The van der Waals surface area contributed by atoms with Crippen molar-refractivity contribution in [3.8, 4) is 5.69 Å². The average Bonchev–Trinajstić information content (AvgIpc) is 3.16. The maximum absolute atomic E-state index is 12.4. The van der Waals surface area contributed by atoms with E-state index in [9.17, 15) is 4.79 Å². The average molecular weight is 281 g/mol. The van der Waals surface area contributed by atoms with E-state index in [1.165, 1.54) is 0 Å². The van der Waals surface area contributed by atoms with Gasteiger partial charge in [-0.2, -0.15) is 10.2 Å². The number of amides is 1. The minimum absolute atomic E-state index is 0.137. The Bertz CT molecular complexity index is 745. The normalized spacial score (nSPS) is 10.5. The molecule has 106 valence electrons. The van der Waals surface area contributed by atoms with Crippen LogP contribution in [0.2, 0.25) is 0 Å². The van der Waals surface area contributed by atoms with Gasteiger partial charge < -0.3 is 5.32 Å². The zero-order chi connectivity index (χ0) is 14.7. The summed E-state index contributed by atoms with van der Waals surface area (Å²) >= 11 is 0. The van der Waals surface area contributed by atoms with Gasteiger partial charge in [0.1, 0.15) is 0 Å². The Kier molecular flexibility index (Phi) is 3.51. The summed E-state index contributed by atoms with van der Waals surface area (Å²) in [7, 11) is 1.85. The molecule has 1 aromatic carbocycles. The van der Waals surface area contributed by atoms with E-state index in [0.29, 0.717) is 12.1 Å². The predicted octanol–water partition coefficient (Wildman–Crippen LogP) is 1.54. The van der Waals surface area contributed by atoms with E-state index >= 15 is 0 Å². The van der Waals surface area contributed by atoms with Crippen LogP contribution in [0.3, 0.4) is 0 Å². The zero-order valence-electron chi connectivity index (χ0n) is 11.6. The van der Waals surface area contributed by atoms with Crippen molar-refractivity contribution in [3.63, 3.8) is 0 Å². The molecule has 1 N–H and O–H groups in total. The lowest BCUT2D eigenvalue weighted by atomic mass is 10.1. The van der Waals surface area contributed by atoms with Crippen LogP contribution in [0, 0.1) is 0 Å². The Morgan fingerprint density at radius 2 is 2.00 bits per heavy atom. The topological polar surface area (TPSA) is 64.7 Å². The van der Waals surface area contributed by atoms with Crippen LogP contribution in [0.15, 0.2) is 55.0 Å². The van der Waals surface area contributed by atoms with Gasteiger partial charge in [-0.15, -0.1) is 0 Å². The monoisotopic (exact) mass is 281 g/mol. The highest BCUT2D eigenvalue weighted by atomic mass is 16.1. The van der Waals surface area contributed by atoms with Crippen molar-refractivity contribution in [2.75, 3.05) is 0 Å². The Labute approximate surface area is 122 Å². The van der Waals surface area contributed by atoms with Gasteiger partial charge in [-0.1, -0.05) is 12.1 Å². The lowest BCUT2D eigenvalue weighted by Crippen LogP contribution is -2.25. The Morgan fingerprint density at radius 3 is 2.71 bits per heavy atom. The highest BCUT2D eigenvalue weighted by molar-refractivity contribution is 5.97. The fraction of sp³-hybridized carbons (Fsp3) is 0.133. The van der Waals surface area contributed by atoms with Gasteiger partial charge >= 0.3 is 0 Å². The number of carbonyl (C=O) groups excluding carboxylic acids is 1. The van der Waals surface area contributed by atoms with Crippen LogP contribution < -0.4 is 5.32 Å². The molecule has 1 amide bonds. The molecule has 0 bridgehead atoms. The van der Waals surface area contributed by atoms with Crippen LogP contribution in [0.4, 0.5) is 0 Å². The number of hydrogen-bond acceptors (Lipinski definition) is 3. The van der Waals surface area contributed by atoms with Crippen LogP contribution in [0.5, 0.6) is 0 Å². The van der Waals surface area contributed by atoms with E-state index in [0.717, 1.165) is 11.4 Å². The predicted molar refractivity (Wildman–Crippen MR) is 77.9 cm³/mol. The van der Waals surface area contributed by atoms with E-state index in [1.54, 1.807) is 27.8 Å². The van der Waals surface area contributed by atoms with Gasteiger partial charge in [0.05, 0.1) is 23.5 Å². The quantitative estimate of drug-likeness (QED) is 0.789. The van der Waals surface area contributed by atoms with E-state index in [2.05, 4.69) is 15.5 Å². The largest absolute Gasteiger partial charge is 0.346 e. The van der Waals surface area contributed by atoms with Crippen LogP contribution in [-0.2, 0) is 13.6 Å². The van der Waals surface area contributed by atoms with Gasteiger partial charge in [-0.25, -0.2) is 4.68 Å². The third-order valence-electron chi connectivity index (χ3n) is 3.25. The number of nitrogens with one attached hydrogen (secondary N) is 1. The molecule has 2 aromatic heterocycles. The van der Waals surface area contributed by atoms with Crippen molar-refractivity contribution in [1.82, 2.24) is 24.9 Å². The molecule has 0 unspecified atom stereocenters.